The normalized spacial score (nSPS) is 13.9. The van der Waals surface area contributed by atoms with Gasteiger partial charge < -0.3 is 10.4 Å². The summed E-state index contributed by atoms with van der Waals surface area (Å²) in [6.07, 6.45) is 0.209. The van der Waals surface area contributed by atoms with Gasteiger partial charge in [-0.25, -0.2) is 0 Å². The molecule has 1 amide bonds. The van der Waals surface area contributed by atoms with Gasteiger partial charge in [-0.05, 0) is 24.4 Å². The van der Waals surface area contributed by atoms with Crippen LogP contribution in [0.2, 0.25) is 0 Å². The number of carbonyl (C=O) groups excluding carboxylic acids is 1. The van der Waals surface area contributed by atoms with Crippen LogP contribution in [0.25, 0.3) is 10.9 Å². The van der Waals surface area contributed by atoms with Crippen molar-refractivity contribution in [1.82, 2.24) is 15.5 Å². The van der Waals surface area contributed by atoms with Crippen LogP contribution in [0.1, 0.15) is 17.5 Å². The van der Waals surface area contributed by atoms with Crippen LogP contribution in [0.3, 0.4) is 0 Å². The molecule has 5 nitrogen and oxygen atoms in total. The van der Waals surface area contributed by atoms with Gasteiger partial charge in [0.15, 0.2) is 0 Å². The number of fused-ring (bicyclic) bond motifs is 1. The zero-order chi connectivity index (χ0) is 15.6. The van der Waals surface area contributed by atoms with Crippen LogP contribution in [0.15, 0.2) is 41.8 Å². The number of amides is 1. The monoisotopic (exact) mass is 315 g/mol. The molecule has 114 valence electrons. The van der Waals surface area contributed by atoms with Crippen molar-refractivity contribution in [3.63, 3.8) is 0 Å². The van der Waals surface area contributed by atoms with E-state index in [0.29, 0.717) is 0 Å². The molecular weight excluding hydrogens is 298 g/mol. The van der Waals surface area contributed by atoms with E-state index in [1.54, 1.807) is 6.92 Å². The van der Waals surface area contributed by atoms with Crippen molar-refractivity contribution in [2.75, 3.05) is 6.54 Å². The molecule has 3 aromatic rings. The standard InChI is InChI=1S/C16H17N3O2S/c1-16(21,14-7-4-8-22-14)10-17-15(20)9-13-11-5-2-3-6-12(11)18-19-13/h2-8,21H,9-10H2,1H3,(H,17,20)(H,18,19). The molecule has 22 heavy (non-hydrogen) atoms. The smallest absolute Gasteiger partial charge is 0.226 e. The van der Waals surface area contributed by atoms with Crippen molar-refractivity contribution in [3.8, 4) is 0 Å². The average molecular weight is 315 g/mol. The van der Waals surface area contributed by atoms with E-state index in [1.807, 2.05) is 41.8 Å². The first kappa shape index (κ1) is 14.7. The number of thiophene rings is 1. The number of H-pyrrole nitrogens is 1. The number of carbonyl (C=O) groups is 1. The molecule has 0 saturated heterocycles. The summed E-state index contributed by atoms with van der Waals surface area (Å²) in [7, 11) is 0. The number of rotatable bonds is 5. The molecule has 0 spiro atoms. The number of aromatic nitrogens is 2. The molecule has 6 heteroatoms. The third-order valence-electron chi connectivity index (χ3n) is 3.56. The highest BCUT2D eigenvalue weighted by Crippen LogP contribution is 2.24. The molecule has 0 saturated carbocycles. The van der Waals surface area contributed by atoms with Crippen molar-refractivity contribution in [3.05, 3.63) is 52.3 Å². The molecule has 2 heterocycles. The third-order valence-corrected chi connectivity index (χ3v) is 4.68. The molecule has 1 unspecified atom stereocenters. The summed E-state index contributed by atoms with van der Waals surface area (Å²) >= 11 is 1.47. The van der Waals surface area contributed by atoms with E-state index in [1.165, 1.54) is 11.3 Å². The van der Waals surface area contributed by atoms with Gasteiger partial charge in [0.25, 0.3) is 0 Å². The number of para-hydroxylation sites is 1. The topological polar surface area (TPSA) is 78.0 Å². The maximum atomic E-state index is 12.1. The highest BCUT2D eigenvalue weighted by molar-refractivity contribution is 7.10. The van der Waals surface area contributed by atoms with Crippen LogP contribution in [-0.4, -0.2) is 27.8 Å². The van der Waals surface area contributed by atoms with Gasteiger partial charge in [0, 0.05) is 10.3 Å². The summed E-state index contributed by atoms with van der Waals surface area (Å²) in [6, 6.07) is 11.4. The van der Waals surface area contributed by atoms with E-state index in [2.05, 4.69) is 15.5 Å². The number of nitrogens with zero attached hydrogens (tertiary/aromatic N) is 1. The minimum Gasteiger partial charge on any atom is -0.383 e. The molecule has 1 aromatic carbocycles. The van der Waals surface area contributed by atoms with E-state index in [-0.39, 0.29) is 18.9 Å². The second-order valence-electron chi connectivity index (χ2n) is 5.42. The Bertz CT molecular complexity index is 778. The van der Waals surface area contributed by atoms with Crippen molar-refractivity contribution in [2.45, 2.75) is 18.9 Å². The van der Waals surface area contributed by atoms with E-state index < -0.39 is 5.60 Å². The lowest BCUT2D eigenvalue weighted by atomic mass is 10.1. The number of benzene rings is 1. The predicted octanol–water partition coefficient (Wildman–Crippen LogP) is 2.19. The van der Waals surface area contributed by atoms with Gasteiger partial charge >= 0.3 is 0 Å². The van der Waals surface area contributed by atoms with Gasteiger partial charge in [0.2, 0.25) is 5.91 Å². The van der Waals surface area contributed by atoms with Gasteiger partial charge in [-0.15, -0.1) is 11.3 Å². The molecule has 3 N–H and O–H groups in total. The SMILES string of the molecule is CC(O)(CNC(=O)Cc1[nH]nc2ccccc12)c1cccs1. The van der Waals surface area contributed by atoms with E-state index in [0.717, 1.165) is 21.5 Å². The summed E-state index contributed by atoms with van der Waals surface area (Å²) in [5.74, 6) is -0.147. The number of aliphatic hydroxyl groups is 1. The first-order chi connectivity index (χ1) is 10.6. The van der Waals surface area contributed by atoms with E-state index in [9.17, 15) is 9.90 Å². The Balaban J connectivity index is 1.63. The van der Waals surface area contributed by atoms with Gasteiger partial charge in [0.1, 0.15) is 5.60 Å². The molecule has 1 atom stereocenters. The van der Waals surface area contributed by atoms with Gasteiger partial charge in [0.05, 0.1) is 24.2 Å². The molecule has 0 fully saturated rings. The van der Waals surface area contributed by atoms with E-state index >= 15 is 0 Å². The Kier molecular flexibility index (Phi) is 3.96. The van der Waals surface area contributed by atoms with Crippen molar-refractivity contribution >= 4 is 28.1 Å². The molecule has 2 aromatic heterocycles. The molecule has 0 aliphatic heterocycles. The van der Waals surface area contributed by atoms with Crippen LogP contribution in [0.5, 0.6) is 0 Å². The van der Waals surface area contributed by atoms with Crippen LogP contribution < -0.4 is 5.32 Å². The Morgan fingerprint density at radius 1 is 1.36 bits per heavy atom. The molecule has 0 aliphatic rings. The molecule has 0 radical (unpaired) electrons. The lowest BCUT2D eigenvalue weighted by molar-refractivity contribution is -0.121. The molecule has 0 aliphatic carbocycles. The first-order valence-corrected chi connectivity index (χ1v) is 7.89. The van der Waals surface area contributed by atoms with Crippen molar-refractivity contribution < 1.29 is 9.90 Å². The lowest BCUT2D eigenvalue weighted by Crippen LogP contribution is -2.38. The summed E-state index contributed by atoms with van der Waals surface area (Å²) in [5.41, 5.74) is 0.569. The number of hydrogen-bond acceptors (Lipinski definition) is 4. The Hall–Kier alpha value is -2.18. The fraction of sp³-hybridized carbons (Fsp3) is 0.250. The summed E-state index contributed by atoms with van der Waals surface area (Å²) in [5, 5.41) is 23.1. The fourth-order valence-electron chi connectivity index (χ4n) is 2.31. The lowest BCUT2D eigenvalue weighted by Gasteiger charge is -2.22. The molecule has 0 bridgehead atoms. The Morgan fingerprint density at radius 2 is 2.18 bits per heavy atom. The number of nitrogens with one attached hydrogen (secondary N) is 2. The van der Waals surface area contributed by atoms with Crippen molar-refractivity contribution in [2.24, 2.45) is 0 Å². The number of aromatic amines is 1. The fourth-order valence-corrected chi connectivity index (χ4v) is 3.10. The van der Waals surface area contributed by atoms with E-state index in [4.69, 9.17) is 0 Å². The average Bonchev–Trinajstić information content (AvgIpc) is 3.16. The maximum absolute atomic E-state index is 12.1. The summed E-state index contributed by atoms with van der Waals surface area (Å²) in [6.45, 7) is 1.88. The van der Waals surface area contributed by atoms with Gasteiger partial charge in [-0.1, -0.05) is 24.3 Å². The van der Waals surface area contributed by atoms with Crippen LogP contribution in [0.4, 0.5) is 0 Å². The second kappa shape index (κ2) is 5.90. The minimum absolute atomic E-state index is 0.147. The van der Waals surface area contributed by atoms with Crippen molar-refractivity contribution in [1.29, 1.82) is 0 Å². The largest absolute Gasteiger partial charge is 0.383 e. The van der Waals surface area contributed by atoms with Crippen LogP contribution in [-0.2, 0) is 16.8 Å². The molecular formula is C16H17N3O2S. The quantitative estimate of drug-likeness (QED) is 0.675. The zero-order valence-electron chi connectivity index (χ0n) is 12.2. The minimum atomic E-state index is -1.06. The Morgan fingerprint density at radius 3 is 2.95 bits per heavy atom. The van der Waals surface area contributed by atoms with Gasteiger partial charge in [-0.3, -0.25) is 9.89 Å². The summed E-state index contributed by atoms with van der Waals surface area (Å²) < 4.78 is 0. The second-order valence-corrected chi connectivity index (χ2v) is 6.37. The highest BCUT2D eigenvalue weighted by Gasteiger charge is 2.25. The Labute approximate surface area is 132 Å². The predicted molar refractivity (Wildman–Crippen MR) is 86.7 cm³/mol. The molecule has 3 rings (SSSR count). The van der Waals surface area contributed by atoms with Crippen LogP contribution in [0, 0.1) is 0 Å². The first-order valence-electron chi connectivity index (χ1n) is 7.01. The third kappa shape index (κ3) is 3.03. The zero-order valence-corrected chi connectivity index (χ0v) is 13.0. The van der Waals surface area contributed by atoms with Crippen LogP contribution >= 0.6 is 11.3 Å². The van der Waals surface area contributed by atoms with Gasteiger partial charge in [-0.2, -0.15) is 5.10 Å². The summed E-state index contributed by atoms with van der Waals surface area (Å²) in [4.78, 5) is 12.9. The highest BCUT2D eigenvalue weighted by atomic mass is 32.1. The maximum Gasteiger partial charge on any atom is 0.226 e. The number of hydrogen-bond donors (Lipinski definition) is 3.